The van der Waals surface area contributed by atoms with Crippen LogP contribution in [0.15, 0.2) is 18.2 Å². The Morgan fingerprint density at radius 2 is 1.85 bits per heavy atom. The molecule has 0 heterocycles. The molecule has 2 saturated carbocycles. The number of rotatable bonds is 2. The Bertz CT molecular complexity index is 470. The average molecular weight is 276 g/mol. The molecule has 0 aromatic heterocycles. The second-order valence-electron chi connectivity index (χ2n) is 6.83. The van der Waals surface area contributed by atoms with Crippen LogP contribution < -0.4 is 0 Å². The fourth-order valence-corrected chi connectivity index (χ4v) is 4.32. The van der Waals surface area contributed by atoms with Crippen molar-refractivity contribution in [2.45, 2.75) is 58.0 Å². The van der Waals surface area contributed by atoms with Crippen molar-refractivity contribution in [2.75, 3.05) is 0 Å². The summed E-state index contributed by atoms with van der Waals surface area (Å²) >= 11 is 0. The summed E-state index contributed by atoms with van der Waals surface area (Å²) in [5.41, 5.74) is 1.52. The van der Waals surface area contributed by atoms with Crippen LogP contribution in [0, 0.1) is 30.5 Å². The van der Waals surface area contributed by atoms with Crippen LogP contribution in [-0.4, -0.2) is 5.11 Å². The lowest BCUT2D eigenvalue weighted by Crippen LogP contribution is -2.30. The number of benzene rings is 1. The van der Waals surface area contributed by atoms with Gasteiger partial charge in [-0.2, -0.15) is 0 Å². The molecule has 20 heavy (non-hydrogen) atoms. The highest BCUT2D eigenvalue weighted by molar-refractivity contribution is 5.26. The molecule has 2 aliphatic carbocycles. The molecule has 0 spiro atoms. The predicted octanol–water partition coefficient (Wildman–Crippen LogP) is 4.77. The average Bonchev–Trinajstić information content (AvgIpc) is 2.49. The van der Waals surface area contributed by atoms with Crippen LogP contribution in [0.5, 0.6) is 0 Å². The Morgan fingerprint density at radius 1 is 1.10 bits per heavy atom. The van der Waals surface area contributed by atoms with Gasteiger partial charge in [-0.15, -0.1) is 0 Å². The van der Waals surface area contributed by atoms with E-state index in [0.29, 0.717) is 11.5 Å². The van der Waals surface area contributed by atoms with Gasteiger partial charge in [0.15, 0.2) is 0 Å². The first kappa shape index (κ1) is 14.1. The molecule has 110 valence electrons. The minimum absolute atomic E-state index is 0.183. The van der Waals surface area contributed by atoms with E-state index in [0.717, 1.165) is 30.2 Å². The van der Waals surface area contributed by atoms with E-state index >= 15 is 0 Å². The van der Waals surface area contributed by atoms with Crippen molar-refractivity contribution in [3.63, 3.8) is 0 Å². The molecule has 3 rings (SSSR count). The maximum atomic E-state index is 13.3. The van der Waals surface area contributed by atoms with Crippen molar-refractivity contribution in [2.24, 2.45) is 17.8 Å². The molecule has 1 aromatic rings. The first-order valence-corrected chi connectivity index (χ1v) is 8.09. The molecule has 1 nitrogen and oxygen atoms in total. The molecule has 2 heteroatoms. The summed E-state index contributed by atoms with van der Waals surface area (Å²) in [6.07, 6.45) is 8.62. The maximum Gasteiger partial charge on any atom is 0.126 e. The van der Waals surface area contributed by atoms with Gasteiger partial charge in [-0.25, -0.2) is 4.39 Å². The molecule has 2 fully saturated rings. The van der Waals surface area contributed by atoms with E-state index in [-0.39, 0.29) is 5.82 Å². The first-order valence-electron chi connectivity index (χ1n) is 8.09. The summed E-state index contributed by atoms with van der Waals surface area (Å²) in [4.78, 5) is 0. The van der Waals surface area contributed by atoms with Gasteiger partial charge in [0.1, 0.15) is 5.82 Å². The van der Waals surface area contributed by atoms with Gasteiger partial charge in [0.25, 0.3) is 0 Å². The maximum absolute atomic E-state index is 13.3. The van der Waals surface area contributed by atoms with Gasteiger partial charge in [-0.3, -0.25) is 0 Å². The highest BCUT2D eigenvalue weighted by Crippen LogP contribution is 2.46. The zero-order valence-electron chi connectivity index (χ0n) is 12.3. The number of fused-ring (bicyclic) bond motifs is 1. The standard InChI is InChI=1S/C18H25FO/c1-12-10-15(8-9-17(12)19)18(20)16-7-6-13-4-2-3-5-14(13)11-16/h8-10,13-14,16,18,20H,2-7,11H2,1H3. The van der Waals surface area contributed by atoms with E-state index in [4.69, 9.17) is 0 Å². The molecular formula is C18H25FO. The van der Waals surface area contributed by atoms with Crippen molar-refractivity contribution in [3.05, 3.63) is 35.1 Å². The van der Waals surface area contributed by atoms with Crippen molar-refractivity contribution < 1.29 is 9.50 Å². The van der Waals surface area contributed by atoms with Gasteiger partial charge in [0.2, 0.25) is 0 Å². The summed E-state index contributed by atoms with van der Waals surface area (Å²) in [6.45, 7) is 1.77. The highest BCUT2D eigenvalue weighted by Gasteiger charge is 2.35. The Balaban J connectivity index is 1.70. The lowest BCUT2D eigenvalue weighted by Gasteiger charge is -2.40. The van der Waals surface area contributed by atoms with Crippen molar-refractivity contribution >= 4 is 0 Å². The number of hydrogen-bond donors (Lipinski definition) is 1. The van der Waals surface area contributed by atoms with Gasteiger partial charge in [0.05, 0.1) is 6.10 Å². The van der Waals surface area contributed by atoms with Gasteiger partial charge in [-0.1, -0.05) is 37.8 Å². The Kier molecular flexibility index (Phi) is 4.11. The van der Waals surface area contributed by atoms with Gasteiger partial charge >= 0.3 is 0 Å². The number of halogens is 1. The van der Waals surface area contributed by atoms with Gasteiger partial charge in [0, 0.05) is 0 Å². The lowest BCUT2D eigenvalue weighted by molar-refractivity contribution is 0.0348. The summed E-state index contributed by atoms with van der Waals surface area (Å²) in [5.74, 6) is 1.90. The minimum Gasteiger partial charge on any atom is -0.388 e. The highest BCUT2D eigenvalue weighted by atomic mass is 19.1. The predicted molar refractivity (Wildman–Crippen MR) is 78.9 cm³/mol. The fourth-order valence-electron chi connectivity index (χ4n) is 4.32. The van der Waals surface area contributed by atoms with Crippen LogP contribution in [0.4, 0.5) is 4.39 Å². The normalized spacial score (nSPS) is 31.6. The molecule has 0 radical (unpaired) electrons. The molecule has 0 saturated heterocycles. The molecule has 0 bridgehead atoms. The number of hydrogen-bond acceptors (Lipinski definition) is 1. The quantitative estimate of drug-likeness (QED) is 0.824. The second kappa shape index (κ2) is 5.85. The zero-order valence-corrected chi connectivity index (χ0v) is 12.3. The zero-order chi connectivity index (χ0) is 14.1. The molecule has 2 aliphatic rings. The Morgan fingerprint density at radius 3 is 2.60 bits per heavy atom. The monoisotopic (exact) mass is 276 g/mol. The van der Waals surface area contributed by atoms with Crippen LogP contribution in [-0.2, 0) is 0 Å². The summed E-state index contributed by atoms with van der Waals surface area (Å²) in [7, 11) is 0. The third-order valence-corrected chi connectivity index (χ3v) is 5.55. The van der Waals surface area contributed by atoms with Gasteiger partial charge < -0.3 is 5.11 Å². The SMILES string of the molecule is Cc1cc(C(O)C2CCC3CCCCC3C2)ccc1F. The molecule has 1 aromatic carbocycles. The van der Waals surface area contributed by atoms with Crippen molar-refractivity contribution in [1.29, 1.82) is 0 Å². The van der Waals surface area contributed by atoms with Crippen LogP contribution in [0.2, 0.25) is 0 Å². The summed E-state index contributed by atoms with van der Waals surface area (Å²) < 4.78 is 13.3. The van der Waals surface area contributed by atoms with Crippen molar-refractivity contribution in [1.82, 2.24) is 0 Å². The van der Waals surface area contributed by atoms with E-state index in [1.807, 2.05) is 6.07 Å². The topological polar surface area (TPSA) is 20.2 Å². The molecular weight excluding hydrogens is 251 g/mol. The molecule has 0 aliphatic heterocycles. The van der Waals surface area contributed by atoms with E-state index in [9.17, 15) is 9.50 Å². The molecule has 0 amide bonds. The van der Waals surface area contributed by atoms with E-state index in [1.165, 1.54) is 38.2 Å². The van der Waals surface area contributed by atoms with E-state index < -0.39 is 6.10 Å². The number of aliphatic hydroxyl groups is 1. The third kappa shape index (κ3) is 2.76. The largest absolute Gasteiger partial charge is 0.388 e. The van der Waals surface area contributed by atoms with Crippen molar-refractivity contribution in [3.8, 4) is 0 Å². The lowest BCUT2D eigenvalue weighted by atomic mass is 9.66. The first-order chi connectivity index (χ1) is 9.65. The van der Waals surface area contributed by atoms with E-state index in [2.05, 4.69) is 0 Å². The Labute approximate surface area is 121 Å². The second-order valence-corrected chi connectivity index (χ2v) is 6.83. The fraction of sp³-hybridized carbons (Fsp3) is 0.667. The summed E-state index contributed by atoms with van der Waals surface area (Å²) in [5, 5.41) is 10.6. The minimum atomic E-state index is -0.419. The van der Waals surface area contributed by atoms with Gasteiger partial charge in [-0.05, 0) is 61.1 Å². The summed E-state index contributed by atoms with van der Waals surface area (Å²) in [6, 6.07) is 5.05. The smallest absolute Gasteiger partial charge is 0.126 e. The van der Waals surface area contributed by atoms with Crippen LogP contribution >= 0.6 is 0 Å². The number of aliphatic hydroxyl groups excluding tert-OH is 1. The Hall–Kier alpha value is -0.890. The van der Waals surface area contributed by atoms with Crippen LogP contribution in [0.1, 0.15) is 62.2 Å². The third-order valence-electron chi connectivity index (χ3n) is 5.55. The van der Waals surface area contributed by atoms with E-state index in [1.54, 1.807) is 13.0 Å². The molecule has 1 N–H and O–H groups in total. The van der Waals surface area contributed by atoms with Crippen LogP contribution in [0.25, 0.3) is 0 Å². The number of aryl methyl sites for hydroxylation is 1. The van der Waals surface area contributed by atoms with Crippen LogP contribution in [0.3, 0.4) is 0 Å². The molecule has 4 unspecified atom stereocenters. The molecule has 4 atom stereocenters.